The fraction of sp³-hybridized carbons (Fsp3) is 0.125. The van der Waals surface area contributed by atoms with Crippen molar-refractivity contribution in [2.75, 3.05) is 11.1 Å². The fourth-order valence-electron chi connectivity index (χ4n) is 3.01. The topological polar surface area (TPSA) is 54.9 Å². The van der Waals surface area contributed by atoms with Gasteiger partial charge in [-0.15, -0.1) is 10.2 Å². The highest BCUT2D eigenvalue weighted by atomic mass is 32.2. The Balaban J connectivity index is 1.27. The van der Waals surface area contributed by atoms with Crippen LogP contribution in [0.25, 0.3) is 11.1 Å². The lowest BCUT2D eigenvalue weighted by atomic mass is 10.0. The van der Waals surface area contributed by atoms with E-state index in [4.69, 9.17) is 0 Å². The van der Waals surface area contributed by atoms with Crippen LogP contribution in [-0.4, -0.2) is 21.9 Å². The van der Waals surface area contributed by atoms with Crippen LogP contribution in [0, 0.1) is 0 Å². The first-order valence-electron chi connectivity index (χ1n) is 9.75. The van der Waals surface area contributed by atoms with Crippen LogP contribution in [0.3, 0.4) is 0 Å². The second kappa shape index (κ2) is 10.2. The van der Waals surface area contributed by atoms with Crippen LogP contribution in [-0.2, 0) is 6.42 Å². The van der Waals surface area contributed by atoms with Crippen molar-refractivity contribution in [3.8, 4) is 11.1 Å². The van der Waals surface area contributed by atoms with E-state index in [-0.39, 0.29) is 5.91 Å². The Morgan fingerprint density at radius 3 is 2.23 bits per heavy atom. The number of nitrogens with one attached hydrogen (secondary N) is 1. The van der Waals surface area contributed by atoms with Gasteiger partial charge in [-0.3, -0.25) is 10.1 Å². The summed E-state index contributed by atoms with van der Waals surface area (Å²) in [4.78, 5) is 12.5. The SMILES string of the molecule is O=C(Nc1nnc(SCCCc2ccccc2)s1)c1ccc(-c2ccccc2)cc1. The molecule has 4 aromatic rings. The molecule has 0 spiro atoms. The smallest absolute Gasteiger partial charge is 0.257 e. The molecule has 1 heterocycles. The maximum absolute atomic E-state index is 12.5. The van der Waals surface area contributed by atoms with Crippen LogP contribution in [0.15, 0.2) is 89.3 Å². The molecule has 0 fully saturated rings. The van der Waals surface area contributed by atoms with Gasteiger partial charge in [-0.05, 0) is 41.7 Å². The van der Waals surface area contributed by atoms with Crippen molar-refractivity contribution in [2.45, 2.75) is 17.2 Å². The predicted octanol–water partition coefficient (Wildman–Crippen LogP) is 6.18. The monoisotopic (exact) mass is 431 g/mol. The van der Waals surface area contributed by atoms with E-state index >= 15 is 0 Å². The zero-order chi connectivity index (χ0) is 20.6. The normalized spacial score (nSPS) is 10.7. The molecule has 1 aromatic heterocycles. The third kappa shape index (κ3) is 5.55. The van der Waals surface area contributed by atoms with Crippen molar-refractivity contribution >= 4 is 34.1 Å². The van der Waals surface area contributed by atoms with Crippen molar-refractivity contribution in [3.63, 3.8) is 0 Å². The molecule has 0 radical (unpaired) electrons. The molecule has 150 valence electrons. The quantitative estimate of drug-likeness (QED) is 0.206. The summed E-state index contributed by atoms with van der Waals surface area (Å²) in [6, 6.07) is 28.1. The first-order chi connectivity index (χ1) is 14.8. The van der Waals surface area contributed by atoms with Gasteiger partial charge in [0, 0.05) is 11.3 Å². The molecule has 0 atom stereocenters. The van der Waals surface area contributed by atoms with E-state index in [0.717, 1.165) is 34.1 Å². The van der Waals surface area contributed by atoms with Crippen LogP contribution < -0.4 is 5.32 Å². The maximum atomic E-state index is 12.5. The van der Waals surface area contributed by atoms with Crippen molar-refractivity contribution in [2.24, 2.45) is 0 Å². The number of hydrogen-bond acceptors (Lipinski definition) is 5. The average Bonchev–Trinajstić information content (AvgIpc) is 3.25. The lowest BCUT2D eigenvalue weighted by Crippen LogP contribution is -2.11. The summed E-state index contributed by atoms with van der Waals surface area (Å²) in [6.07, 6.45) is 2.12. The van der Waals surface area contributed by atoms with E-state index in [9.17, 15) is 4.79 Å². The van der Waals surface area contributed by atoms with E-state index in [1.54, 1.807) is 11.8 Å². The number of nitrogens with zero attached hydrogens (tertiary/aromatic N) is 2. The van der Waals surface area contributed by atoms with Gasteiger partial charge < -0.3 is 0 Å². The molecule has 0 saturated carbocycles. The van der Waals surface area contributed by atoms with E-state index in [1.807, 2.05) is 48.5 Å². The molecule has 0 aliphatic carbocycles. The minimum Gasteiger partial charge on any atom is -0.296 e. The lowest BCUT2D eigenvalue weighted by Gasteiger charge is -2.04. The van der Waals surface area contributed by atoms with Crippen molar-refractivity contribution in [1.29, 1.82) is 0 Å². The largest absolute Gasteiger partial charge is 0.296 e. The molecule has 0 saturated heterocycles. The highest BCUT2D eigenvalue weighted by Gasteiger charge is 2.11. The van der Waals surface area contributed by atoms with Crippen LogP contribution in [0.1, 0.15) is 22.3 Å². The van der Waals surface area contributed by atoms with E-state index in [2.05, 4.69) is 51.9 Å². The van der Waals surface area contributed by atoms with Gasteiger partial charge in [-0.1, -0.05) is 95.9 Å². The first kappa shape index (κ1) is 20.3. The van der Waals surface area contributed by atoms with Gasteiger partial charge >= 0.3 is 0 Å². The molecular formula is C24H21N3OS2. The Kier molecular flexibility index (Phi) is 6.90. The summed E-state index contributed by atoms with van der Waals surface area (Å²) in [5, 5.41) is 11.6. The van der Waals surface area contributed by atoms with Gasteiger partial charge in [0.05, 0.1) is 0 Å². The molecule has 0 unspecified atom stereocenters. The zero-order valence-electron chi connectivity index (χ0n) is 16.3. The first-order valence-corrected chi connectivity index (χ1v) is 11.6. The Morgan fingerprint density at radius 2 is 1.50 bits per heavy atom. The summed E-state index contributed by atoms with van der Waals surface area (Å²) in [5.41, 5.74) is 4.16. The van der Waals surface area contributed by atoms with Gasteiger partial charge in [0.15, 0.2) is 4.34 Å². The fourth-order valence-corrected chi connectivity index (χ4v) is 4.77. The number of thioether (sulfide) groups is 1. The molecule has 0 aliphatic heterocycles. The molecule has 0 aliphatic rings. The van der Waals surface area contributed by atoms with Crippen LogP contribution in [0.5, 0.6) is 0 Å². The third-order valence-electron chi connectivity index (χ3n) is 4.56. The summed E-state index contributed by atoms with van der Waals surface area (Å²) >= 11 is 3.09. The number of aromatic nitrogens is 2. The number of hydrogen-bond donors (Lipinski definition) is 1. The second-order valence-electron chi connectivity index (χ2n) is 6.71. The number of benzene rings is 3. The van der Waals surface area contributed by atoms with Crippen molar-refractivity contribution < 1.29 is 4.79 Å². The molecule has 0 bridgehead atoms. The highest BCUT2D eigenvalue weighted by Crippen LogP contribution is 2.27. The van der Waals surface area contributed by atoms with Crippen LogP contribution in [0.2, 0.25) is 0 Å². The number of carbonyl (C=O) groups is 1. The summed E-state index contributed by atoms with van der Waals surface area (Å²) < 4.78 is 0.873. The summed E-state index contributed by atoms with van der Waals surface area (Å²) in [6.45, 7) is 0. The molecule has 1 amide bonds. The van der Waals surface area contributed by atoms with E-state index in [0.29, 0.717) is 10.7 Å². The maximum Gasteiger partial charge on any atom is 0.257 e. The molecular weight excluding hydrogens is 410 g/mol. The number of amides is 1. The van der Waals surface area contributed by atoms with Crippen LogP contribution >= 0.6 is 23.1 Å². The third-order valence-corrected chi connectivity index (χ3v) is 6.62. The summed E-state index contributed by atoms with van der Waals surface area (Å²) in [7, 11) is 0. The number of carbonyl (C=O) groups excluding carboxylic acids is 1. The summed E-state index contributed by atoms with van der Waals surface area (Å²) in [5.74, 6) is 0.796. The van der Waals surface area contributed by atoms with Gasteiger partial charge in [0.1, 0.15) is 0 Å². The molecule has 30 heavy (non-hydrogen) atoms. The number of rotatable bonds is 8. The molecule has 4 nitrogen and oxygen atoms in total. The van der Waals surface area contributed by atoms with Crippen LogP contribution in [0.4, 0.5) is 5.13 Å². The highest BCUT2D eigenvalue weighted by molar-refractivity contribution is 8.01. The van der Waals surface area contributed by atoms with Gasteiger partial charge in [0.25, 0.3) is 5.91 Å². The number of aryl methyl sites for hydroxylation is 1. The van der Waals surface area contributed by atoms with Crippen molar-refractivity contribution in [1.82, 2.24) is 10.2 Å². The Hall–Kier alpha value is -2.96. The lowest BCUT2D eigenvalue weighted by molar-refractivity contribution is 0.102. The average molecular weight is 432 g/mol. The second-order valence-corrected chi connectivity index (χ2v) is 9.03. The molecule has 4 rings (SSSR count). The predicted molar refractivity (Wildman–Crippen MR) is 125 cm³/mol. The van der Waals surface area contributed by atoms with Crippen molar-refractivity contribution in [3.05, 3.63) is 96.1 Å². The zero-order valence-corrected chi connectivity index (χ0v) is 18.0. The Labute approximate surface area is 184 Å². The van der Waals surface area contributed by atoms with Gasteiger partial charge in [-0.25, -0.2) is 0 Å². The molecule has 6 heteroatoms. The minimum absolute atomic E-state index is 0.175. The van der Waals surface area contributed by atoms with E-state index in [1.165, 1.54) is 16.9 Å². The standard InChI is InChI=1S/C24H21N3OS2/c28-22(21-15-13-20(14-16-21)19-11-5-2-6-12-19)25-23-26-27-24(30-23)29-17-7-10-18-8-3-1-4-9-18/h1-6,8-9,11-16H,7,10,17H2,(H,25,26,28). The minimum atomic E-state index is -0.175. The van der Waals surface area contributed by atoms with Gasteiger partial charge in [0.2, 0.25) is 5.13 Å². The molecule has 1 N–H and O–H groups in total. The Morgan fingerprint density at radius 1 is 0.833 bits per heavy atom. The number of anilines is 1. The molecule has 3 aromatic carbocycles. The van der Waals surface area contributed by atoms with E-state index < -0.39 is 0 Å². The Bertz CT molecular complexity index is 1080. The van der Waals surface area contributed by atoms with Gasteiger partial charge in [-0.2, -0.15) is 0 Å².